The molecular formula is C25H25FN4O2. The van der Waals surface area contributed by atoms with Crippen LogP contribution in [0.1, 0.15) is 34.6 Å². The SMILES string of the molecule is Cc1cnc(C(=O)N2CCCC(Cc3cccc(-c4cccc(F)c4)c3)(C(N)=O)C2)cn1. The summed E-state index contributed by atoms with van der Waals surface area (Å²) in [6, 6.07) is 14.1. The van der Waals surface area contributed by atoms with Crippen molar-refractivity contribution in [1.29, 1.82) is 0 Å². The third-order valence-corrected chi connectivity index (χ3v) is 6.01. The molecule has 4 rings (SSSR count). The Morgan fingerprint density at radius 2 is 1.84 bits per heavy atom. The van der Waals surface area contributed by atoms with Crippen molar-refractivity contribution in [2.45, 2.75) is 26.2 Å². The second-order valence-electron chi connectivity index (χ2n) is 8.41. The van der Waals surface area contributed by atoms with E-state index in [1.165, 1.54) is 18.3 Å². The molecule has 1 unspecified atom stereocenters. The number of carbonyl (C=O) groups is 2. The lowest BCUT2D eigenvalue weighted by atomic mass is 9.74. The van der Waals surface area contributed by atoms with Gasteiger partial charge in [0.25, 0.3) is 5.91 Å². The number of primary amides is 1. The maximum atomic E-state index is 13.7. The Hall–Kier alpha value is -3.61. The van der Waals surface area contributed by atoms with E-state index >= 15 is 0 Å². The molecule has 0 bridgehead atoms. The summed E-state index contributed by atoms with van der Waals surface area (Å²) in [6.45, 7) is 2.56. The maximum Gasteiger partial charge on any atom is 0.274 e. The van der Waals surface area contributed by atoms with E-state index in [1.807, 2.05) is 30.3 Å². The van der Waals surface area contributed by atoms with Gasteiger partial charge in [-0.3, -0.25) is 14.6 Å². The van der Waals surface area contributed by atoms with Gasteiger partial charge in [-0.05, 0) is 55.0 Å². The zero-order valence-electron chi connectivity index (χ0n) is 17.9. The first kappa shape index (κ1) is 21.6. The van der Waals surface area contributed by atoms with Gasteiger partial charge in [0.15, 0.2) is 0 Å². The van der Waals surface area contributed by atoms with Crippen LogP contribution >= 0.6 is 0 Å². The summed E-state index contributed by atoms with van der Waals surface area (Å²) in [5.41, 5.74) is 8.52. The third-order valence-electron chi connectivity index (χ3n) is 6.01. The molecule has 0 aliphatic carbocycles. The summed E-state index contributed by atoms with van der Waals surface area (Å²) in [5.74, 6) is -0.986. The summed E-state index contributed by atoms with van der Waals surface area (Å²) in [6.07, 6.45) is 4.67. The molecule has 0 spiro atoms. The number of carbonyl (C=O) groups excluding carboxylic acids is 2. The molecule has 1 aliphatic rings. The Kier molecular flexibility index (Phi) is 5.99. The second kappa shape index (κ2) is 8.86. The number of likely N-dealkylation sites (tertiary alicyclic amines) is 1. The van der Waals surface area contributed by atoms with Gasteiger partial charge in [0.2, 0.25) is 5.91 Å². The van der Waals surface area contributed by atoms with Crippen LogP contribution in [0.25, 0.3) is 11.1 Å². The fourth-order valence-electron chi connectivity index (χ4n) is 4.32. The van der Waals surface area contributed by atoms with Gasteiger partial charge in [-0.15, -0.1) is 0 Å². The molecule has 6 nitrogen and oxygen atoms in total. The standard InChI is InChI=1S/C25H25FN4O2/c1-17-14-29-22(15-28-17)23(31)30-10-4-9-25(16-30,24(27)32)13-18-5-2-6-19(11-18)20-7-3-8-21(26)12-20/h2-3,5-8,11-12,14-15H,4,9-10,13,16H2,1H3,(H2,27,32). The fourth-order valence-corrected chi connectivity index (χ4v) is 4.32. The summed E-state index contributed by atoms with van der Waals surface area (Å²) >= 11 is 0. The molecule has 164 valence electrons. The minimum absolute atomic E-state index is 0.223. The first-order valence-electron chi connectivity index (χ1n) is 10.6. The number of nitrogens with two attached hydrogens (primary N) is 1. The van der Waals surface area contributed by atoms with E-state index in [0.717, 1.165) is 22.4 Å². The number of nitrogens with zero attached hydrogens (tertiary/aromatic N) is 3. The Bertz CT molecular complexity index is 1150. The molecule has 7 heteroatoms. The molecular weight excluding hydrogens is 407 g/mol. The van der Waals surface area contributed by atoms with Gasteiger partial charge in [-0.1, -0.05) is 36.4 Å². The van der Waals surface area contributed by atoms with Crippen LogP contribution in [-0.4, -0.2) is 39.8 Å². The van der Waals surface area contributed by atoms with Crippen LogP contribution in [0.4, 0.5) is 4.39 Å². The highest BCUT2D eigenvalue weighted by atomic mass is 19.1. The van der Waals surface area contributed by atoms with Crippen LogP contribution in [0.2, 0.25) is 0 Å². The molecule has 1 atom stereocenters. The van der Waals surface area contributed by atoms with E-state index in [4.69, 9.17) is 5.73 Å². The highest BCUT2D eigenvalue weighted by molar-refractivity contribution is 5.93. The van der Waals surface area contributed by atoms with Gasteiger partial charge in [0.05, 0.1) is 17.3 Å². The fraction of sp³-hybridized carbons (Fsp3) is 0.280. The van der Waals surface area contributed by atoms with Crippen LogP contribution in [-0.2, 0) is 11.2 Å². The molecule has 2 N–H and O–H groups in total. The molecule has 1 fully saturated rings. The number of piperidine rings is 1. The molecule has 0 saturated carbocycles. The van der Waals surface area contributed by atoms with Crippen molar-refractivity contribution in [3.05, 3.63) is 83.7 Å². The van der Waals surface area contributed by atoms with Crippen molar-refractivity contribution in [3.8, 4) is 11.1 Å². The lowest BCUT2D eigenvalue weighted by Gasteiger charge is -2.40. The molecule has 0 radical (unpaired) electrons. The zero-order chi connectivity index (χ0) is 22.7. The Labute approximate surface area is 186 Å². The maximum absolute atomic E-state index is 13.7. The van der Waals surface area contributed by atoms with Crippen LogP contribution < -0.4 is 5.73 Å². The van der Waals surface area contributed by atoms with Crippen LogP contribution in [0.5, 0.6) is 0 Å². The number of halogens is 1. The summed E-state index contributed by atoms with van der Waals surface area (Å²) in [7, 11) is 0. The van der Waals surface area contributed by atoms with Gasteiger partial charge in [0, 0.05) is 19.3 Å². The van der Waals surface area contributed by atoms with Gasteiger partial charge in [-0.25, -0.2) is 9.37 Å². The average Bonchev–Trinajstić information content (AvgIpc) is 2.79. The van der Waals surface area contributed by atoms with Crippen LogP contribution in [0.3, 0.4) is 0 Å². The van der Waals surface area contributed by atoms with Gasteiger partial charge >= 0.3 is 0 Å². The summed E-state index contributed by atoms with van der Waals surface area (Å²) < 4.78 is 13.7. The Morgan fingerprint density at radius 3 is 2.53 bits per heavy atom. The van der Waals surface area contributed by atoms with E-state index < -0.39 is 11.3 Å². The number of benzene rings is 2. The molecule has 32 heavy (non-hydrogen) atoms. The summed E-state index contributed by atoms with van der Waals surface area (Å²) in [5, 5.41) is 0. The normalized spacial score (nSPS) is 18.4. The monoisotopic (exact) mass is 432 g/mol. The third kappa shape index (κ3) is 4.51. The Balaban J connectivity index is 1.59. The number of aromatic nitrogens is 2. The molecule has 1 saturated heterocycles. The average molecular weight is 432 g/mol. The molecule has 2 amide bonds. The van der Waals surface area contributed by atoms with Gasteiger partial charge in [-0.2, -0.15) is 0 Å². The number of amides is 2. The lowest BCUT2D eigenvalue weighted by molar-refractivity contribution is -0.130. The first-order chi connectivity index (χ1) is 15.4. The van der Waals surface area contributed by atoms with Crippen molar-refractivity contribution in [2.24, 2.45) is 11.1 Å². The minimum Gasteiger partial charge on any atom is -0.369 e. The van der Waals surface area contributed by atoms with E-state index in [9.17, 15) is 14.0 Å². The van der Waals surface area contributed by atoms with E-state index in [0.29, 0.717) is 25.8 Å². The number of rotatable bonds is 5. The van der Waals surface area contributed by atoms with Crippen molar-refractivity contribution in [2.75, 3.05) is 13.1 Å². The van der Waals surface area contributed by atoms with Crippen molar-refractivity contribution in [1.82, 2.24) is 14.9 Å². The molecule has 1 aromatic heterocycles. The quantitative estimate of drug-likeness (QED) is 0.668. The lowest BCUT2D eigenvalue weighted by Crippen LogP contribution is -2.53. The molecule has 2 aromatic carbocycles. The topological polar surface area (TPSA) is 89.2 Å². The summed E-state index contributed by atoms with van der Waals surface area (Å²) in [4.78, 5) is 35.6. The van der Waals surface area contributed by atoms with Gasteiger partial charge < -0.3 is 10.6 Å². The van der Waals surface area contributed by atoms with Crippen molar-refractivity contribution >= 4 is 11.8 Å². The van der Waals surface area contributed by atoms with Crippen molar-refractivity contribution < 1.29 is 14.0 Å². The van der Waals surface area contributed by atoms with E-state index in [-0.39, 0.29) is 24.0 Å². The number of aryl methyl sites for hydroxylation is 1. The van der Waals surface area contributed by atoms with E-state index in [2.05, 4.69) is 9.97 Å². The smallest absolute Gasteiger partial charge is 0.274 e. The van der Waals surface area contributed by atoms with Crippen LogP contribution in [0.15, 0.2) is 60.9 Å². The Morgan fingerprint density at radius 1 is 1.09 bits per heavy atom. The highest BCUT2D eigenvalue weighted by Crippen LogP contribution is 2.35. The molecule has 2 heterocycles. The second-order valence-corrected chi connectivity index (χ2v) is 8.41. The number of hydrogen-bond acceptors (Lipinski definition) is 4. The number of hydrogen-bond donors (Lipinski definition) is 1. The minimum atomic E-state index is -0.882. The zero-order valence-corrected chi connectivity index (χ0v) is 17.9. The highest BCUT2D eigenvalue weighted by Gasteiger charge is 2.42. The predicted octanol–water partition coefficient (Wildman–Crippen LogP) is 3.54. The molecule has 3 aromatic rings. The first-order valence-corrected chi connectivity index (χ1v) is 10.6. The van der Waals surface area contributed by atoms with Gasteiger partial charge in [0.1, 0.15) is 11.5 Å². The van der Waals surface area contributed by atoms with Crippen LogP contribution in [0, 0.1) is 18.2 Å². The molecule has 1 aliphatic heterocycles. The largest absolute Gasteiger partial charge is 0.369 e. The van der Waals surface area contributed by atoms with Crippen molar-refractivity contribution in [3.63, 3.8) is 0 Å². The van der Waals surface area contributed by atoms with E-state index in [1.54, 1.807) is 24.1 Å². The predicted molar refractivity (Wildman–Crippen MR) is 119 cm³/mol.